The number of hydrogen-bond donors (Lipinski definition) is 1. The van der Waals surface area contributed by atoms with Crippen LogP contribution in [-0.4, -0.2) is 24.7 Å². The number of rotatable bonds is 2. The topological polar surface area (TPSA) is 72.5 Å². The van der Waals surface area contributed by atoms with Crippen LogP contribution in [0.25, 0.3) is 11.2 Å². The number of aromatic amines is 1. The molecule has 3 rings (SSSR count). The van der Waals surface area contributed by atoms with Crippen molar-refractivity contribution < 1.29 is 4.52 Å². The van der Waals surface area contributed by atoms with E-state index in [0.29, 0.717) is 17.1 Å². The van der Waals surface area contributed by atoms with Crippen LogP contribution < -0.4 is 0 Å². The van der Waals surface area contributed by atoms with Gasteiger partial charge in [0.1, 0.15) is 0 Å². The van der Waals surface area contributed by atoms with Crippen LogP contribution in [0.2, 0.25) is 0 Å². The summed E-state index contributed by atoms with van der Waals surface area (Å²) in [6.07, 6.45) is 3.01. The largest absolute Gasteiger partial charge is 0.343 e. The molecule has 16 heavy (non-hydrogen) atoms. The lowest BCUT2D eigenvalue weighted by molar-refractivity contribution is 0.408. The summed E-state index contributed by atoms with van der Waals surface area (Å²) in [5.41, 5.74) is 1.69. The maximum absolute atomic E-state index is 5.21. The van der Waals surface area contributed by atoms with E-state index in [1.54, 1.807) is 6.20 Å². The molecule has 3 aromatic rings. The van der Waals surface area contributed by atoms with Crippen molar-refractivity contribution in [1.29, 1.82) is 0 Å². The van der Waals surface area contributed by atoms with Gasteiger partial charge in [0.2, 0.25) is 6.39 Å². The van der Waals surface area contributed by atoms with Crippen LogP contribution in [0, 0.1) is 4.77 Å². The van der Waals surface area contributed by atoms with Crippen molar-refractivity contribution in [3.8, 4) is 0 Å². The van der Waals surface area contributed by atoms with E-state index in [0.717, 1.165) is 11.2 Å². The minimum atomic E-state index is 0.451. The molecule has 1 N–H and O–H groups in total. The van der Waals surface area contributed by atoms with Crippen LogP contribution in [0.15, 0.2) is 29.2 Å². The number of pyridine rings is 1. The molecule has 0 fully saturated rings. The lowest BCUT2D eigenvalue weighted by Gasteiger charge is -1.98. The van der Waals surface area contributed by atoms with Gasteiger partial charge in [-0.25, -0.2) is 4.98 Å². The van der Waals surface area contributed by atoms with Gasteiger partial charge in [-0.3, -0.25) is 4.57 Å². The molecule has 0 atom stereocenters. The number of nitrogens with one attached hydrogen (secondary N) is 1. The van der Waals surface area contributed by atoms with Crippen molar-refractivity contribution in [3.63, 3.8) is 0 Å². The van der Waals surface area contributed by atoms with Gasteiger partial charge in [-0.05, 0) is 24.4 Å². The first kappa shape index (κ1) is 9.22. The molecule has 0 aliphatic carbocycles. The highest BCUT2D eigenvalue weighted by Gasteiger charge is 2.07. The van der Waals surface area contributed by atoms with Crippen LogP contribution in [0.1, 0.15) is 5.82 Å². The Kier molecular flexibility index (Phi) is 2.03. The van der Waals surface area contributed by atoms with Crippen molar-refractivity contribution in [2.24, 2.45) is 0 Å². The summed E-state index contributed by atoms with van der Waals surface area (Å²) in [5, 5.41) is 3.74. The molecule has 0 aromatic carbocycles. The quantitative estimate of drug-likeness (QED) is 0.679. The van der Waals surface area contributed by atoms with E-state index in [9.17, 15) is 0 Å². The Morgan fingerprint density at radius 3 is 3.19 bits per heavy atom. The van der Waals surface area contributed by atoms with Crippen LogP contribution >= 0.6 is 12.2 Å². The number of fused-ring (bicyclic) bond motifs is 1. The summed E-state index contributed by atoms with van der Waals surface area (Å²) in [6.45, 7) is 0.451. The normalized spacial score (nSPS) is 11.0. The molecule has 0 bridgehead atoms. The monoisotopic (exact) mass is 233 g/mol. The highest BCUT2D eigenvalue weighted by atomic mass is 32.1. The maximum Gasteiger partial charge on any atom is 0.213 e. The smallest absolute Gasteiger partial charge is 0.213 e. The van der Waals surface area contributed by atoms with Crippen molar-refractivity contribution in [1.82, 2.24) is 24.7 Å². The van der Waals surface area contributed by atoms with E-state index in [2.05, 4.69) is 24.6 Å². The van der Waals surface area contributed by atoms with Gasteiger partial charge in [-0.2, -0.15) is 4.98 Å². The van der Waals surface area contributed by atoms with E-state index >= 15 is 0 Å². The Morgan fingerprint density at radius 2 is 2.38 bits per heavy atom. The first-order valence-electron chi connectivity index (χ1n) is 4.63. The molecule has 0 spiro atoms. The van der Waals surface area contributed by atoms with Gasteiger partial charge < -0.3 is 9.51 Å². The Morgan fingerprint density at radius 1 is 1.44 bits per heavy atom. The third-order valence-corrected chi connectivity index (χ3v) is 2.56. The third-order valence-electron chi connectivity index (χ3n) is 2.24. The summed E-state index contributed by atoms with van der Waals surface area (Å²) in [7, 11) is 0. The predicted octanol–water partition coefficient (Wildman–Crippen LogP) is 1.53. The molecule has 0 aliphatic rings. The average molecular weight is 233 g/mol. The molecule has 0 amide bonds. The Labute approximate surface area is 94.9 Å². The van der Waals surface area contributed by atoms with Crippen molar-refractivity contribution in [2.75, 3.05) is 0 Å². The Hall–Kier alpha value is -2.02. The van der Waals surface area contributed by atoms with E-state index in [-0.39, 0.29) is 0 Å². The van der Waals surface area contributed by atoms with Gasteiger partial charge in [0.05, 0.1) is 12.1 Å². The van der Waals surface area contributed by atoms with E-state index < -0.39 is 0 Å². The molecule has 0 radical (unpaired) electrons. The molecule has 3 heterocycles. The minimum absolute atomic E-state index is 0.451. The maximum atomic E-state index is 5.21. The number of H-pyrrole nitrogens is 1. The summed E-state index contributed by atoms with van der Waals surface area (Å²) in [6, 6.07) is 3.77. The summed E-state index contributed by atoms with van der Waals surface area (Å²) < 4.78 is 7.10. The minimum Gasteiger partial charge on any atom is -0.343 e. The van der Waals surface area contributed by atoms with E-state index in [1.165, 1.54) is 6.39 Å². The first-order valence-corrected chi connectivity index (χ1v) is 5.04. The van der Waals surface area contributed by atoms with Gasteiger partial charge in [-0.1, -0.05) is 5.16 Å². The Balaban J connectivity index is 2.16. The van der Waals surface area contributed by atoms with Gasteiger partial charge in [-0.15, -0.1) is 0 Å². The van der Waals surface area contributed by atoms with Crippen LogP contribution in [0.4, 0.5) is 0 Å². The van der Waals surface area contributed by atoms with Crippen LogP contribution in [-0.2, 0) is 6.54 Å². The van der Waals surface area contributed by atoms with Gasteiger partial charge in [0, 0.05) is 6.20 Å². The molecular weight excluding hydrogens is 226 g/mol. The van der Waals surface area contributed by atoms with Crippen molar-refractivity contribution in [2.45, 2.75) is 6.54 Å². The fraction of sp³-hybridized carbons (Fsp3) is 0.111. The zero-order valence-corrected chi connectivity index (χ0v) is 8.94. The fourth-order valence-corrected chi connectivity index (χ4v) is 1.80. The third kappa shape index (κ3) is 1.41. The molecular formula is C9H7N5OS. The summed E-state index contributed by atoms with van der Waals surface area (Å²) in [4.78, 5) is 11.3. The van der Waals surface area contributed by atoms with Gasteiger partial charge in [0.25, 0.3) is 0 Å². The second kappa shape index (κ2) is 3.53. The number of aromatic nitrogens is 5. The SMILES string of the molecule is S=c1[nH]c2cccnc2n1Cc1ncon1. The first-order chi connectivity index (χ1) is 7.84. The second-order valence-corrected chi connectivity index (χ2v) is 3.62. The molecule has 0 unspecified atom stereocenters. The number of nitrogens with zero attached hydrogens (tertiary/aromatic N) is 4. The molecule has 80 valence electrons. The summed E-state index contributed by atoms with van der Waals surface area (Å²) >= 11 is 5.21. The van der Waals surface area contributed by atoms with Crippen LogP contribution in [0.3, 0.4) is 0 Å². The molecule has 6 nitrogen and oxygen atoms in total. The lowest BCUT2D eigenvalue weighted by atomic mass is 10.4. The van der Waals surface area contributed by atoms with Crippen molar-refractivity contribution >= 4 is 23.4 Å². The number of imidazole rings is 1. The average Bonchev–Trinajstić information content (AvgIpc) is 2.89. The highest BCUT2D eigenvalue weighted by Crippen LogP contribution is 2.11. The van der Waals surface area contributed by atoms with Crippen LogP contribution in [0.5, 0.6) is 0 Å². The zero-order valence-electron chi connectivity index (χ0n) is 8.12. The lowest BCUT2D eigenvalue weighted by Crippen LogP contribution is -2.02. The molecule has 7 heteroatoms. The highest BCUT2D eigenvalue weighted by molar-refractivity contribution is 7.71. The molecule has 0 saturated carbocycles. The molecule has 0 aliphatic heterocycles. The van der Waals surface area contributed by atoms with Crippen molar-refractivity contribution in [3.05, 3.63) is 35.3 Å². The molecule has 0 saturated heterocycles. The standard InChI is InChI=1S/C9H7N5OS/c16-9-12-6-2-1-3-10-8(6)14(9)4-7-11-5-15-13-7/h1-3,5H,4H2,(H,12,16). The van der Waals surface area contributed by atoms with E-state index in [4.69, 9.17) is 12.2 Å². The van der Waals surface area contributed by atoms with Gasteiger partial charge in [0.15, 0.2) is 16.2 Å². The molecule has 3 aromatic heterocycles. The number of hydrogen-bond acceptors (Lipinski definition) is 5. The Bertz CT molecular complexity index is 669. The summed E-state index contributed by atoms with van der Waals surface area (Å²) in [5.74, 6) is 0.572. The van der Waals surface area contributed by atoms with E-state index in [1.807, 2.05) is 16.7 Å². The fourth-order valence-electron chi connectivity index (χ4n) is 1.54. The second-order valence-electron chi connectivity index (χ2n) is 3.24. The van der Waals surface area contributed by atoms with Gasteiger partial charge >= 0.3 is 0 Å². The zero-order chi connectivity index (χ0) is 11.0. The predicted molar refractivity (Wildman–Crippen MR) is 58.3 cm³/mol.